The smallest absolute Gasteiger partial charge is 0.277 e. The first-order chi connectivity index (χ1) is 13.6. The predicted molar refractivity (Wildman–Crippen MR) is 107 cm³/mol. The van der Waals surface area contributed by atoms with Crippen LogP contribution >= 0.6 is 11.8 Å². The highest BCUT2D eigenvalue weighted by Gasteiger charge is 2.16. The Balaban J connectivity index is 1.60. The van der Waals surface area contributed by atoms with E-state index in [0.29, 0.717) is 16.5 Å². The molecule has 1 fully saturated rings. The van der Waals surface area contributed by atoms with Crippen LogP contribution in [0.1, 0.15) is 10.4 Å². The highest BCUT2D eigenvalue weighted by molar-refractivity contribution is 7.99. The Hall–Kier alpha value is -2.56. The van der Waals surface area contributed by atoms with Crippen LogP contribution in [0.3, 0.4) is 0 Å². The highest BCUT2D eigenvalue weighted by atomic mass is 32.2. The van der Waals surface area contributed by atoms with Gasteiger partial charge in [0.1, 0.15) is 24.5 Å². The van der Waals surface area contributed by atoms with Crippen LogP contribution in [0.4, 0.5) is 11.5 Å². The molecule has 0 saturated carbocycles. The lowest BCUT2D eigenvalue weighted by Gasteiger charge is -2.23. The minimum Gasteiger partial charge on any atom is -0.497 e. The molecule has 1 aliphatic heterocycles. The van der Waals surface area contributed by atoms with Crippen molar-refractivity contribution in [1.82, 2.24) is 9.97 Å². The van der Waals surface area contributed by atoms with Gasteiger partial charge in [0.25, 0.3) is 11.5 Å². The molecule has 0 spiro atoms. The minimum atomic E-state index is -0.476. The van der Waals surface area contributed by atoms with Crippen molar-refractivity contribution in [3.05, 3.63) is 40.2 Å². The van der Waals surface area contributed by atoms with Gasteiger partial charge in [0, 0.05) is 5.56 Å². The summed E-state index contributed by atoms with van der Waals surface area (Å²) in [7, 11) is 1.54. The summed E-state index contributed by atoms with van der Waals surface area (Å²) in [5.41, 5.74) is 5.76. The number of nitrogens with two attached hydrogens (primary N) is 1. The molecule has 0 unspecified atom stereocenters. The molecule has 9 nitrogen and oxygen atoms in total. The Kier molecular flexibility index (Phi) is 6.90. The normalized spacial score (nSPS) is 14.6. The summed E-state index contributed by atoms with van der Waals surface area (Å²) in [6, 6.07) is 6.53. The van der Waals surface area contributed by atoms with Crippen LogP contribution in [0.2, 0.25) is 0 Å². The lowest BCUT2D eigenvalue weighted by atomic mass is 10.2. The van der Waals surface area contributed by atoms with Crippen molar-refractivity contribution in [2.45, 2.75) is 5.16 Å². The van der Waals surface area contributed by atoms with Crippen LogP contribution in [0.5, 0.6) is 5.75 Å². The summed E-state index contributed by atoms with van der Waals surface area (Å²) in [6.45, 7) is 4.49. The van der Waals surface area contributed by atoms with Crippen molar-refractivity contribution in [1.29, 1.82) is 0 Å². The Morgan fingerprint density at radius 1 is 1.36 bits per heavy atom. The Morgan fingerprint density at radius 3 is 2.71 bits per heavy atom. The molecule has 3 rings (SSSR count). The Morgan fingerprint density at radius 2 is 2.07 bits per heavy atom. The number of benzene rings is 1. The third-order valence-electron chi connectivity index (χ3n) is 4.41. The molecule has 1 aromatic heterocycles. The lowest BCUT2D eigenvalue weighted by molar-refractivity contribution is -0.905. The third-order valence-corrected chi connectivity index (χ3v) is 5.29. The topological polar surface area (TPSA) is 124 Å². The van der Waals surface area contributed by atoms with Gasteiger partial charge in [0.2, 0.25) is 0 Å². The number of carbonyl (C=O) groups is 1. The van der Waals surface area contributed by atoms with Crippen LogP contribution in [-0.4, -0.2) is 61.6 Å². The second-order valence-electron chi connectivity index (χ2n) is 6.27. The number of ether oxygens (including phenoxy) is 2. The fourth-order valence-electron chi connectivity index (χ4n) is 2.79. The second-order valence-corrected chi connectivity index (χ2v) is 7.36. The molecular weight excluding hydrogens is 382 g/mol. The molecule has 10 heteroatoms. The van der Waals surface area contributed by atoms with Crippen molar-refractivity contribution in [2.24, 2.45) is 0 Å². The van der Waals surface area contributed by atoms with Crippen molar-refractivity contribution in [2.75, 3.05) is 56.8 Å². The first kappa shape index (κ1) is 20.2. The number of aromatic nitrogens is 2. The van der Waals surface area contributed by atoms with Gasteiger partial charge in [-0.3, -0.25) is 14.6 Å². The van der Waals surface area contributed by atoms with E-state index in [4.69, 9.17) is 15.2 Å². The maximum atomic E-state index is 12.3. The number of hydrogen-bond donors (Lipinski definition) is 4. The summed E-state index contributed by atoms with van der Waals surface area (Å²) >= 11 is 1.44. The standard InChI is InChI=1S/C18H23N5O4S/c1-26-13-4-2-12(3-5-13)16(24)20-14-15(19)21-18(22-17(14)25)28-11-8-23-6-9-27-10-7-23/h2-5H,6-11H2,1H3,(H,20,24)(H3,19,21,22,25)/p+1. The van der Waals surface area contributed by atoms with E-state index >= 15 is 0 Å². The molecule has 150 valence electrons. The number of nitrogens with zero attached hydrogens (tertiary/aromatic N) is 1. The van der Waals surface area contributed by atoms with Crippen LogP contribution < -0.4 is 26.2 Å². The van der Waals surface area contributed by atoms with Gasteiger partial charge in [-0.05, 0) is 24.3 Å². The largest absolute Gasteiger partial charge is 0.497 e. The number of hydrogen-bond acceptors (Lipinski definition) is 7. The van der Waals surface area contributed by atoms with Crippen LogP contribution in [-0.2, 0) is 4.74 Å². The van der Waals surface area contributed by atoms with Gasteiger partial charge in [0.15, 0.2) is 11.0 Å². The predicted octanol–water partition coefficient (Wildman–Crippen LogP) is -0.380. The fourth-order valence-corrected chi connectivity index (χ4v) is 3.70. The third kappa shape index (κ3) is 5.24. The minimum absolute atomic E-state index is 0.00756. The molecule has 2 aromatic rings. The van der Waals surface area contributed by atoms with E-state index in [1.165, 1.54) is 16.7 Å². The summed E-state index contributed by atoms with van der Waals surface area (Å²) in [6.07, 6.45) is 0. The Labute approximate surface area is 166 Å². The van der Waals surface area contributed by atoms with E-state index in [1.54, 1.807) is 31.4 Å². The molecule has 1 aliphatic rings. The maximum absolute atomic E-state index is 12.3. The molecule has 2 heterocycles. The molecule has 0 bridgehead atoms. The van der Waals surface area contributed by atoms with Gasteiger partial charge in [-0.1, -0.05) is 11.8 Å². The van der Waals surface area contributed by atoms with Crippen molar-refractivity contribution >= 4 is 29.2 Å². The average Bonchev–Trinajstić information content (AvgIpc) is 2.71. The van der Waals surface area contributed by atoms with Gasteiger partial charge in [-0.25, -0.2) is 4.98 Å². The summed E-state index contributed by atoms with van der Waals surface area (Å²) in [4.78, 5) is 33.0. The lowest BCUT2D eigenvalue weighted by Crippen LogP contribution is -3.14. The van der Waals surface area contributed by atoms with Gasteiger partial charge < -0.3 is 25.4 Å². The summed E-state index contributed by atoms with van der Waals surface area (Å²) < 4.78 is 10.4. The molecular formula is C18H24N5O4S+. The number of nitrogens with one attached hydrogen (secondary N) is 3. The maximum Gasteiger partial charge on any atom is 0.277 e. The molecule has 0 aliphatic carbocycles. The van der Waals surface area contributed by atoms with Gasteiger partial charge in [-0.2, -0.15) is 0 Å². The van der Waals surface area contributed by atoms with E-state index in [9.17, 15) is 9.59 Å². The zero-order chi connectivity index (χ0) is 19.9. The van der Waals surface area contributed by atoms with Crippen molar-refractivity contribution in [3.63, 3.8) is 0 Å². The zero-order valence-electron chi connectivity index (χ0n) is 15.6. The molecule has 5 N–H and O–H groups in total. The molecule has 1 amide bonds. The summed E-state index contributed by atoms with van der Waals surface area (Å²) in [5, 5.41) is 2.97. The monoisotopic (exact) mass is 406 g/mol. The second kappa shape index (κ2) is 9.58. The van der Waals surface area contributed by atoms with Crippen LogP contribution in [0.15, 0.2) is 34.2 Å². The molecule has 0 atom stereocenters. The number of morpholine rings is 1. The van der Waals surface area contributed by atoms with Crippen LogP contribution in [0.25, 0.3) is 0 Å². The van der Waals surface area contributed by atoms with Crippen molar-refractivity contribution < 1.29 is 19.2 Å². The molecule has 1 saturated heterocycles. The average molecular weight is 406 g/mol. The number of methoxy groups -OCH3 is 1. The summed E-state index contributed by atoms with van der Waals surface area (Å²) in [5.74, 6) is 0.982. The van der Waals surface area contributed by atoms with E-state index in [2.05, 4.69) is 15.3 Å². The molecule has 28 heavy (non-hydrogen) atoms. The number of nitrogen functional groups attached to an aromatic ring is 1. The van der Waals surface area contributed by atoms with E-state index in [-0.39, 0.29) is 11.5 Å². The Bertz CT molecular complexity index is 865. The highest BCUT2D eigenvalue weighted by Crippen LogP contribution is 2.17. The fraction of sp³-hybridized carbons (Fsp3) is 0.389. The number of thioether (sulfide) groups is 1. The number of H-pyrrole nitrogens is 1. The van der Waals surface area contributed by atoms with Gasteiger partial charge in [-0.15, -0.1) is 0 Å². The number of carbonyl (C=O) groups excluding carboxylic acids is 1. The first-order valence-corrected chi connectivity index (χ1v) is 9.94. The zero-order valence-corrected chi connectivity index (χ0v) is 16.4. The molecule has 1 aromatic carbocycles. The van der Waals surface area contributed by atoms with Gasteiger partial charge in [0.05, 0.1) is 32.6 Å². The van der Waals surface area contributed by atoms with Gasteiger partial charge >= 0.3 is 0 Å². The van der Waals surface area contributed by atoms with Crippen LogP contribution in [0, 0.1) is 0 Å². The number of amides is 1. The molecule has 0 radical (unpaired) electrons. The first-order valence-electron chi connectivity index (χ1n) is 8.96. The van der Waals surface area contributed by atoms with Crippen molar-refractivity contribution in [3.8, 4) is 5.75 Å². The van der Waals surface area contributed by atoms with E-state index < -0.39 is 11.5 Å². The number of quaternary nitrogens is 1. The number of rotatable bonds is 7. The quantitative estimate of drug-likeness (QED) is 0.365. The van der Waals surface area contributed by atoms with E-state index in [1.807, 2.05) is 0 Å². The SMILES string of the molecule is COc1ccc(C(=O)Nc2c(N)nc(SCC[NH+]3CCOCC3)[nH]c2=O)cc1. The number of aromatic amines is 1. The number of anilines is 2. The van der Waals surface area contributed by atoms with E-state index in [0.717, 1.165) is 38.6 Å².